The second-order valence-corrected chi connectivity index (χ2v) is 8.49. The predicted molar refractivity (Wildman–Crippen MR) is 105 cm³/mol. The lowest BCUT2D eigenvalue weighted by Gasteiger charge is -2.34. The molecule has 0 spiro atoms. The summed E-state index contributed by atoms with van der Waals surface area (Å²) in [6.07, 6.45) is 3.70. The van der Waals surface area contributed by atoms with Crippen molar-refractivity contribution in [3.05, 3.63) is 53.9 Å². The first-order valence-corrected chi connectivity index (χ1v) is 9.79. The summed E-state index contributed by atoms with van der Waals surface area (Å²) >= 11 is 1.79. The van der Waals surface area contributed by atoms with Crippen LogP contribution < -0.4 is 0 Å². The van der Waals surface area contributed by atoms with E-state index in [2.05, 4.69) is 13.8 Å². The number of thioether (sulfide) groups is 1. The molecular weight excluding hydrogens is 346 g/mol. The molecule has 0 radical (unpaired) electrons. The number of aromatic nitrogens is 1. The third-order valence-corrected chi connectivity index (χ3v) is 5.42. The molecule has 0 saturated carbocycles. The van der Waals surface area contributed by atoms with Gasteiger partial charge in [0, 0.05) is 61.3 Å². The number of hydrogen-bond donors (Lipinski definition) is 0. The van der Waals surface area contributed by atoms with Crippen LogP contribution in [0.3, 0.4) is 0 Å². The lowest BCUT2D eigenvalue weighted by molar-refractivity contribution is 0.0535. The SMILES string of the molecule is CC(C)Sc1ccc(C(=O)N2CCN(C(=O)c3ccn(C)c3)CC2)cc1. The minimum Gasteiger partial charge on any atom is -0.356 e. The van der Waals surface area contributed by atoms with Crippen LogP contribution >= 0.6 is 11.8 Å². The van der Waals surface area contributed by atoms with E-state index in [9.17, 15) is 9.59 Å². The zero-order valence-electron chi connectivity index (χ0n) is 15.5. The Kier molecular flexibility index (Phi) is 5.71. The maximum absolute atomic E-state index is 12.7. The summed E-state index contributed by atoms with van der Waals surface area (Å²) in [4.78, 5) is 30.0. The fourth-order valence-corrected chi connectivity index (χ4v) is 3.89. The van der Waals surface area contributed by atoms with Crippen molar-refractivity contribution in [3.63, 3.8) is 0 Å². The van der Waals surface area contributed by atoms with E-state index in [4.69, 9.17) is 0 Å². The Labute approximate surface area is 159 Å². The van der Waals surface area contributed by atoms with E-state index in [0.29, 0.717) is 42.6 Å². The largest absolute Gasteiger partial charge is 0.356 e. The molecule has 6 heteroatoms. The summed E-state index contributed by atoms with van der Waals surface area (Å²) in [6, 6.07) is 9.64. The van der Waals surface area contributed by atoms with Crippen LogP contribution in [0.4, 0.5) is 0 Å². The molecule has 2 heterocycles. The first kappa shape index (κ1) is 18.6. The molecule has 1 aromatic heterocycles. The van der Waals surface area contributed by atoms with Gasteiger partial charge in [0.25, 0.3) is 11.8 Å². The standard InChI is InChI=1S/C20H25N3O2S/c1-15(2)26-18-6-4-16(5-7-18)19(24)22-10-12-23(13-11-22)20(25)17-8-9-21(3)14-17/h4-9,14-15H,10-13H2,1-3H3. The van der Waals surface area contributed by atoms with Gasteiger partial charge in [-0.3, -0.25) is 9.59 Å². The van der Waals surface area contributed by atoms with Crippen LogP contribution in [0.1, 0.15) is 34.6 Å². The van der Waals surface area contributed by atoms with Gasteiger partial charge in [0.2, 0.25) is 0 Å². The second-order valence-electron chi connectivity index (χ2n) is 6.84. The summed E-state index contributed by atoms with van der Waals surface area (Å²) < 4.78 is 1.87. The predicted octanol–water partition coefficient (Wildman–Crippen LogP) is 3.12. The van der Waals surface area contributed by atoms with Gasteiger partial charge in [-0.15, -0.1) is 11.8 Å². The number of piperazine rings is 1. The highest BCUT2D eigenvalue weighted by atomic mass is 32.2. The Bertz CT molecular complexity index is 775. The van der Waals surface area contributed by atoms with Crippen molar-refractivity contribution < 1.29 is 9.59 Å². The van der Waals surface area contributed by atoms with E-state index in [1.807, 2.05) is 64.1 Å². The molecule has 5 nitrogen and oxygen atoms in total. The number of hydrogen-bond acceptors (Lipinski definition) is 3. The second kappa shape index (κ2) is 7.99. The number of amides is 2. The van der Waals surface area contributed by atoms with Gasteiger partial charge < -0.3 is 14.4 Å². The minimum absolute atomic E-state index is 0.0350. The molecule has 1 saturated heterocycles. The number of benzene rings is 1. The van der Waals surface area contributed by atoms with Crippen LogP contribution in [-0.4, -0.2) is 57.6 Å². The van der Waals surface area contributed by atoms with Gasteiger partial charge in [0.15, 0.2) is 0 Å². The van der Waals surface area contributed by atoms with E-state index in [1.165, 1.54) is 4.90 Å². The lowest BCUT2D eigenvalue weighted by atomic mass is 10.1. The zero-order valence-corrected chi connectivity index (χ0v) is 16.3. The van der Waals surface area contributed by atoms with E-state index in [1.54, 1.807) is 11.8 Å². The molecule has 1 aliphatic heterocycles. The summed E-state index contributed by atoms with van der Waals surface area (Å²) in [6.45, 7) is 6.58. The third kappa shape index (κ3) is 4.30. The monoisotopic (exact) mass is 371 g/mol. The molecule has 2 aromatic rings. The summed E-state index contributed by atoms with van der Waals surface area (Å²) in [7, 11) is 1.90. The third-order valence-electron chi connectivity index (χ3n) is 4.41. The molecule has 2 amide bonds. The van der Waals surface area contributed by atoms with Gasteiger partial charge in [-0.2, -0.15) is 0 Å². The van der Waals surface area contributed by atoms with Gasteiger partial charge in [0.05, 0.1) is 5.56 Å². The molecule has 1 aromatic carbocycles. The molecule has 3 rings (SSSR count). The Balaban J connectivity index is 1.57. The molecule has 1 aliphatic rings. The molecule has 0 bridgehead atoms. The Morgan fingerprint density at radius 3 is 1.88 bits per heavy atom. The number of nitrogens with zero attached hydrogens (tertiary/aromatic N) is 3. The van der Waals surface area contributed by atoms with Crippen LogP contribution in [0.2, 0.25) is 0 Å². The van der Waals surface area contributed by atoms with Crippen LogP contribution in [0, 0.1) is 0 Å². The summed E-state index contributed by atoms with van der Waals surface area (Å²) in [5, 5.41) is 0.520. The van der Waals surface area contributed by atoms with Gasteiger partial charge in [0.1, 0.15) is 0 Å². The van der Waals surface area contributed by atoms with Crippen molar-refractivity contribution in [2.75, 3.05) is 26.2 Å². The first-order valence-electron chi connectivity index (χ1n) is 8.91. The van der Waals surface area contributed by atoms with Gasteiger partial charge in [-0.1, -0.05) is 13.8 Å². The van der Waals surface area contributed by atoms with Crippen molar-refractivity contribution >= 4 is 23.6 Å². The Morgan fingerprint density at radius 2 is 1.42 bits per heavy atom. The number of carbonyl (C=O) groups is 2. The lowest BCUT2D eigenvalue weighted by Crippen LogP contribution is -2.50. The van der Waals surface area contributed by atoms with Crippen molar-refractivity contribution in [3.8, 4) is 0 Å². The molecule has 0 atom stereocenters. The average Bonchev–Trinajstić information content (AvgIpc) is 3.07. The minimum atomic E-state index is 0.0350. The van der Waals surface area contributed by atoms with Crippen LogP contribution in [0.15, 0.2) is 47.6 Å². The van der Waals surface area contributed by atoms with Gasteiger partial charge in [-0.05, 0) is 30.3 Å². The summed E-state index contributed by atoms with van der Waals surface area (Å²) in [5.74, 6) is 0.0747. The molecule has 0 N–H and O–H groups in total. The topological polar surface area (TPSA) is 45.6 Å². The maximum atomic E-state index is 12.7. The van der Waals surface area contributed by atoms with Crippen molar-refractivity contribution in [1.29, 1.82) is 0 Å². The molecular formula is C20H25N3O2S. The summed E-state index contributed by atoms with van der Waals surface area (Å²) in [5.41, 5.74) is 1.41. The van der Waals surface area contributed by atoms with Crippen molar-refractivity contribution in [2.45, 2.75) is 24.0 Å². The van der Waals surface area contributed by atoms with Crippen LogP contribution in [0.25, 0.3) is 0 Å². The molecule has 1 fully saturated rings. The molecule has 26 heavy (non-hydrogen) atoms. The smallest absolute Gasteiger partial charge is 0.255 e. The Hall–Kier alpha value is -2.21. The fraction of sp³-hybridized carbons (Fsp3) is 0.400. The van der Waals surface area contributed by atoms with E-state index in [-0.39, 0.29) is 11.8 Å². The molecule has 138 valence electrons. The Morgan fingerprint density at radius 1 is 0.885 bits per heavy atom. The van der Waals surface area contributed by atoms with Crippen LogP contribution in [0.5, 0.6) is 0 Å². The van der Waals surface area contributed by atoms with Gasteiger partial charge in [-0.25, -0.2) is 0 Å². The normalized spacial score (nSPS) is 14.8. The average molecular weight is 372 g/mol. The van der Waals surface area contributed by atoms with E-state index >= 15 is 0 Å². The zero-order chi connectivity index (χ0) is 18.7. The molecule has 0 unspecified atom stereocenters. The first-order chi connectivity index (χ1) is 12.4. The maximum Gasteiger partial charge on any atom is 0.255 e. The highest BCUT2D eigenvalue weighted by Crippen LogP contribution is 2.23. The highest BCUT2D eigenvalue weighted by molar-refractivity contribution is 7.99. The highest BCUT2D eigenvalue weighted by Gasteiger charge is 2.25. The van der Waals surface area contributed by atoms with E-state index < -0.39 is 0 Å². The quantitative estimate of drug-likeness (QED) is 0.776. The fourth-order valence-electron chi connectivity index (χ4n) is 3.06. The number of aryl methyl sites for hydroxylation is 1. The van der Waals surface area contributed by atoms with Crippen molar-refractivity contribution in [2.24, 2.45) is 7.05 Å². The van der Waals surface area contributed by atoms with Crippen LogP contribution in [-0.2, 0) is 7.05 Å². The molecule has 0 aliphatic carbocycles. The van der Waals surface area contributed by atoms with E-state index in [0.717, 1.165) is 0 Å². The number of rotatable bonds is 4. The van der Waals surface area contributed by atoms with Gasteiger partial charge >= 0.3 is 0 Å². The van der Waals surface area contributed by atoms with Crippen molar-refractivity contribution in [1.82, 2.24) is 14.4 Å². The number of carbonyl (C=O) groups excluding carboxylic acids is 2.